The molecule has 2 N–H and O–H groups in total. The van der Waals surface area contributed by atoms with E-state index in [1.807, 2.05) is 13.8 Å². The Balaban J connectivity index is 2.11. The Hall–Kier alpha value is -0.980. The Morgan fingerprint density at radius 1 is 1.38 bits per heavy atom. The lowest BCUT2D eigenvalue weighted by Crippen LogP contribution is -2.40. The lowest BCUT2D eigenvalue weighted by molar-refractivity contribution is 0.260. The molecule has 0 aromatic heterocycles. The van der Waals surface area contributed by atoms with Gasteiger partial charge in [-0.05, 0) is 49.9 Å². The van der Waals surface area contributed by atoms with Crippen LogP contribution in [0.2, 0.25) is 0 Å². The fourth-order valence-electron chi connectivity index (χ4n) is 2.49. The van der Waals surface area contributed by atoms with Gasteiger partial charge in [-0.15, -0.1) is 0 Å². The van der Waals surface area contributed by atoms with Crippen molar-refractivity contribution in [1.82, 2.24) is 10.0 Å². The Morgan fingerprint density at radius 3 is 2.62 bits per heavy atom. The first kappa shape index (κ1) is 16.4. The van der Waals surface area contributed by atoms with Gasteiger partial charge in [0.05, 0.1) is 0 Å². The van der Waals surface area contributed by atoms with Crippen molar-refractivity contribution in [2.75, 3.05) is 6.54 Å². The van der Waals surface area contributed by atoms with E-state index in [9.17, 15) is 12.8 Å². The van der Waals surface area contributed by atoms with Crippen LogP contribution in [0, 0.1) is 11.7 Å². The normalized spacial score (nSPS) is 17.5. The van der Waals surface area contributed by atoms with E-state index in [4.69, 9.17) is 0 Å². The van der Waals surface area contributed by atoms with Gasteiger partial charge < -0.3 is 5.32 Å². The van der Waals surface area contributed by atoms with Crippen LogP contribution in [-0.4, -0.2) is 21.0 Å². The van der Waals surface area contributed by atoms with Crippen LogP contribution < -0.4 is 10.0 Å². The third-order valence-electron chi connectivity index (χ3n) is 4.06. The Kier molecular flexibility index (Phi) is 5.35. The van der Waals surface area contributed by atoms with Crippen molar-refractivity contribution in [3.8, 4) is 0 Å². The molecule has 1 aromatic carbocycles. The molecule has 1 aliphatic carbocycles. The summed E-state index contributed by atoms with van der Waals surface area (Å²) in [5.41, 5.74) is 0.736. The first-order chi connectivity index (χ1) is 9.94. The zero-order valence-corrected chi connectivity index (χ0v) is 13.3. The van der Waals surface area contributed by atoms with E-state index >= 15 is 0 Å². The quantitative estimate of drug-likeness (QED) is 0.812. The SMILES string of the molecule is CCNCc1ccc(S(=O)(=O)NC(C)C2CCC2)c(F)c1. The van der Waals surface area contributed by atoms with Crippen LogP contribution in [0.1, 0.15) is 38.7 Å². The summed E-state index contributed by atoms with van der Waals surface area (Å²) in [6.45, 7) is 5.11. The van der Waals surface area contributed by atoms with Gasteiger partial charge in [0.1, 0.15) is 10.7 Å². The largest absolute Gasteiger partial charge is 0.313 e. The first-order valence-electron chi connectivity index (χ1n) is 7.45. The van der Waals surface area contributed by atoms with Crippen LogP contribution in [0.5, 0.6) is 0 Å². The van der Waals surface area contributed by atoms with Crippen LogP contribution >= 0.6 is 0 Å². The lowest BCUT2D eigenvalue weighted by Gasteiger charge is -2.31. The van der Waals surface area contributed by atoms with Crippen molar-refractivity contribution in [2.24, 2.45) is 5.92 Å². The number of rotatable bonds is 7. The molecule has 2 rings (SSSR count). The van der Waals surface area contributed by atoms with Crippen molar-refractivity contribution in [3.05, 3.63) is 29.6 Å². The van der Waals surface area contributed by atoms with Gasteiger partial charge >= 0.3 is 0 Å². The summed E-state index contributed by atoms with van der Waals surface area (Å²) in [4.78, 5) is -0.270. The van der Waals surface area contributed by atoms with Gasteiger partial charge in [0, 0.05) is 12.6 Å². The molecule has 0 saturated heterocycles. The monoisotopic (exact) mass is 314 g/mol. The van der Waals surface area contributed by atoms with Gasteiger partial charge in [0.2, 0.25) is 10.0 Å². The summed E-state index contributed by atoms with van der Waals surface area (Å²) in [7, 11) is -3.79. The van der Waals surface area contributed by atoms with Crippen LogP contribution in [0.3, 0.4) is 0 Å². The molecule has 0 spiro atoms. The highest BCUT2D eigenvalue weighted by molar-refractivity contribution is 7.89. The summed E-state index contributed by atoms with van der Waals surface area (Å²) in [6, 6.07) is 4.13. The van der Waals surface area contributed by atoms with E-state index in [2.05, 4.69) is 10.0 Å². The van der Waals surface area contributed by atoms with Crippen LogP contribution in [0.4, 0.5) is 4.39 Å². The highest BCUT2D eigenvalue weighted by atomic mass is 32.2. The first-order valence-corrected chi connectivity index (χ1v) is 8.94. The molecule has 1 aromatic rings. The van der Waals surface area contributed by atoms with E-state index in [0.29, 0.717) is 12.5 Å². The third kappa shape index (κ3) is 4.02. The number of nitrogens with one attached hydrogen (secondary N) is 2. The Labute approximate surface area is 126 Å². The van der Waals surface area contributed by atoms with Crippen molar-refractivity contribution < 1.29 is 12.8 Å². The molecule has 1 aliphatic rings. The predicted molar refractivity (Wildman–Crippen MR) is 80.9 cm³/mol. The summed E-state index contributed by atoms with van der Waals surface area (Å²) in [5, 5.41) is 3.08. The van der Waals surface area contributed by atoms with E-state index in [1.54, 1.807) is 6.07 Å². The smallest absolute Gasteiger partial charge is 0.243 e. The minimum Gasteiger partial charge on any atom is -0.313 e. The summed E-state index contributed by atoms with van der Waals surface area (Å²) in [6.07, 6.45) is 3.21. The fraction of sp³-hybridized carbons (Fsp3) is 0.600. The molecule has 0 bridgehead atoms. The van der Waals surface area contributed by atoms with E-state index in [1.165, 1.54) is 12.1 Å². The molecule has 1 saturated carbocycles. The van der Waals surface area contributed by atoms with Crippen molar-refractivity contribution in [3.63, 3.8) is 0 Å². The minimum atomic E-state index is -3.79. The third-order valence-corrected chi connectivity index (χ3v) is 5.66. The topological polar surface area (TPSA) is 58.2 Å². The van der Waals surface area contributed by atoms with Gasteiger partial charge in [-0.1, -0.05) is 19.4 Å². The number of benzene rings is 1. The second kappa shape index (κ2) is 6.85. The maximum atomic E-state index is 14.1. The minimum absolute atomic E-state index is 0.149. The highest BCUT2D eigenvalue weighted by Gasteiger charge is 2.29. The summed E-state index contributed by atoms with van der Waals surface area (Å²) < 4.78 is 41.2. The fourth-order valence-corrected chi connectivity index (χ4v) is 3.86. The number of hydrogen-bond acceptors (Lipinski definition) is 3. The van der Waals surface area contributed by atoms with Gasteiger partial charge in [-0.3, -0.25) is 0 Å². The molecule has 21 heavy (non-hydrogen) atoms. The second-order valence-electron chi connectivity index (χ2n) is 5.65. The molecule has 118 valence electrons. The number of halogens is 1. The molecule has 0 amide bonds. The molecule has 4 nitrogen and oxygen atoms in total. The molecule has 1 fully saturated rings. The zero-order valence-electron chi connectivity index (χ0n) is 12.5. The molecule has 6 heteroatoms. The Morgan fingerprint density at radius 2 is 2.10 bits per heavy atom. The average Bonchev–Trinajstić information content (AvgIpc) is 2.33. The van der Waals surface area contributed by atoms with Crippen molar-refractivity contribution in [2.45, 2.75) is 50.6 Å². The summed E-state index contributed by atoms with van der Waals surface area (Å²) >= 11 is 0. The van der Waals surface area contributed by atoms with E-state index < -0.39 is 15.8 Å². The van der Waals surface area contributed by atoms with Gasteiger partial charge in [0.25, 0.3) is 0 Å². The standard InChI is InChI=1S/C15H23FN2O2S/c1-3-17-10-12-7-8-15(14(16)9-12)21(19,20)18-11(2)13-5-4-6-13/h7-9,11,13,17-18H,3-6,10H2,1-2H3. The van der Waals surface area contributed by atoms with Crippen LogP contribution in [0.25, 0.3) is 0 Å². The predicted octanol–water partition coefficient (Wildman–Crippen LogP) is 2.40. The van der Waals surface area contributed by atoms with Gasteiger partial charge in [-0.25, -0.2) is 17.5 Å². The molecule has 0 heterocycles. The number of sulfonamides is 1. The van der Waals surface area contributed by atoms with Gasteiger partial charge in [-0.2, -0.15) is 0 Å². The second-order valence-corrected chi connectivity index (χ2v) is 7.33. The maximum Gasteiger partial charge on any atom is 0.243 e. The molecule has 1 unspecified atom stereocenters. The van der Waals surface area contributed by atoms with Gasteiger partial charge in [0.15, 0.2) is 0 Å². The lowest BCUT2D eigenvalue weighted by atomic mass is 9.81. The molecular formula is C15H23FN2O2S. The van der Waals surface area contributed by atoms with E-state index in [-0.39, 0.29) is 10.9 Å². The van der Waals surface area contributed by atoms with Crippen molar-refractivity contribution >= 4 is 10.0 Å². The molecular weight excluding hydrogens is 291 g/mol. The highest BCUT2D eigenvalue weighted by Crippen LogP contribution is 2.30. The molecule has 0 aliphatic heterocycles. The van der Waals surface area contributed by atoms with E-state index in [0.717, 1.165) is 31.4 Å². The Bertz CT molecular complexity index is 585. The maximum absolute atomic E-state index is 14.1. The van der Waals surface area contributed by atoms with Crippen LogP contribution in [0.15, 0.2) is 23.1 Å². The zero-order chi connectivity index (χ0) is 15.5. The van der Waals surface area contributed by atoms with Crippen LogP contribution in [-0.2, 0) is 16.6 Å². The molecule has 0 radical (unpaired) electrons. The molecule has 1 atom stereocenters. The van der Waals surface area contributed by atoms with Crippen molar-refractivity contribution in [1.29, 1.82) is 0 Å². The average molecular weight is 314 g/mol. The number of hydrogen-bond donors (Lipinski definition) is 2. The summed E-state index contributed by atoms with van der Waals surface area (Å²) in [5.74, 6) is -0.324.